The van der Waals surface area contributed by atoms with E-state index in [1.807, 2.05) is 0 Å². The van der Waals surface area contributed by atoms with Crippen LogP contribution in [-0.2, 0) is 11.2 Å². The number of carbonyl (C=O) groups is 1. The molecule has 1 aromatic carbocycles. The van der Waals surface area contributed by atoms with Crippen molar-refractivity contribution in [3.05, 3.63) is 42.0 Å². The summed E-state index contributed by atoms with van der Waals surface area (Å²) < 4.78 is 18.3. The minimum absolute atomic E-state index is 0.0657. The third-order valence-corrected chi connectivity index (χ3v) is 3.29. The van der Waals surface area contributed by atoms with Crippen LogP contribution in [0.2, 0.25) is 0 Å². The standard InChI is InChI=1S/C17H21FN2O2/c1-12(2)3-8-16(21)19-10-9-15-11-22-17(20-15)13-4-6-14(18)7-5-13/h4-7,11-12H,3,8-10H2,1-2H3,(H,19,21). The molecule has 118 valence electrons. The van der Waals surface area contributed by atoms with E-state index >= 15 is 0 Å². The van der Waals surface area contributed by atoms with Crippen LogP contribution in [0.5, 0.6) is 0 Å². The number of hydrogen-bond donors (Lipinski definition) is 1. The fraction of sp³-hybridized carbons (Fsp3) is 0.412. The number of aromatic nitrogens is 1. The zero-order chi connectivity index (χ0) is 15.9. The van der Waals surface area contributed by atoms with E-state index < -0.39 is 0 Å². The maximum Gasteiger partial charge on any atom is 0.226 e. The molecule has 0 saturated heterocycles. The first kappa shape index (κ1) is 16.2. The first-order chi connectivity index (χ1) is 10.5. The Morgan fingerprint density at radius 1 is 1.32 bits per heavy atom. The lowest BCUT2D eigenvalue weighted by Crippen LogP contribution is -2.25. The number of amides is 1. The van der Waals surface area contributed by atoms with Crippen LogP contribution in [0.3, 0.4) is 0 Å². The molecular formula is C17H21FN2O2. The maximum absolute atomic E-state index is 12.9. The van der Waals surface area contributed by atoms with Crippen LogP contribution >= 0.6 is 0 Å². The van der Waals surface area contributed by atoms with Crippen LogP contribution < -0.4 is 5.32 Å². The van der Waals surface area contributed by atoms with Crippen molar-refractivity contribution in [2.24, 2.45) is 5.92 Å². The number of nitrogens with one attached hydrogen (secondary N) is 1. The van der Waals surface area contributed by atoms with Gasteiger partial charge in [0.1, 0.15) is 12.1 Å². The lowest BCUT2D eigenvalue weighted by Gasteiger charge is -2.05. The molecule has 0 aliphatic heterocycles. The number of halogens is 1. The summed E-state index contributed by atoms with van der Waals surface area (Å²) in [6.07, 6.45) is 3.62. The minimum atomic E-state index is -0.292. The second-order valence-corrected chi connectivity index (χ2v) is 5.68. The van der Waals surface area contributed by atoms with Gasteiger partial charge in [0.2, 0.25) is 11.8 Å². The zero-order valence-electron chi connectivity index (χ0n) is 12.9. The fourth-order valence-electron chi connectivity index (χ4n) is 1.99. The summed E-state index contributed by atoms with van der Waals surface area (Å²) in [6.45, 7) is 4.73. The van der Waals surface area contributed by atoms with Gasteiger partial charge in [-0.05, 0) is 36.6 Å². The molecule has 5 heteroatoms. The van der Waals surface area contributed by atoms with Gasteiger partial charge >= 0.3 is 0 Å². The fourth-order valence-corrected chi connectivity index (χ4v) is 1.99. The second-order valence-electron chi connectivity index (χ2n) is 5.68. The molecule has 1 aromatic heterocycles. The molecule has 4 nitrogen and oxygen atoms in total. The van der Waals surface area contributed by atoms with Crippen molar-refractivity contribution in [2.75, 3.05) is 6.54 Å². The van der Waals surface area contributed by atoms with Crippen molar-refractivity contribution in [3.63, 3.8) is 0 Å². The van der Waals surface area contributed by atoms with E-state index in [2.05, 4.69) is 24.1 Å². The van der Waals surface area contributed by atoms with Gasteiger partial charge in [0.05, 0.1) is 5.69 Å². The van der Waals surface area contributed by atoms with E-state index in [0.29, 0.717) is 31.2 Å². The summed E-state index contributed by atoms with van der Waals surface area (Å²) in [6, 6.07) is 5.99. The number of oxazole rings is 1. The van der Waals surface area contributed by atoms with Gasteiger partial charge in [-0.25, -0.2) is 9.37 Å². The number of carbonyl (C=O) groups excluding carboxylic acids is 1. The zero-order valence-corrected chi connectivity index (χ0v) is 12.9. The van der Waals surface area contributed by atoms with E-state index in [9.17, 15) is 9.18 Å². The molecule has 0 aliphatic rings. The highest BCUT2D eigenvalue weighted by molar-refractivity contribution is 5.75. The quantitative estimate of drug-likeness (QED) is 0.850. The van der Waals surface area contributed by atoms with Crippen molar-refractivity contribution < 1.29 is 13.6 Å². The van der Waals surface area contributed by atoms with Gasteiger partial charge < -0.3 is 9.73 Å². The number of benzene rings is 1. The van der Waals surface area contributed by atoms with Crippen LogP contribution in [0.1, 0.15) is 32.4 Å². The highest BCUT2D eigenvalue weighted by atomic mass is 19.1. The van der Waals surface area contributed by atoms with Crippen molar-refractivity contribution >= 4 is 5.91 Å². The van der Waals surface area contributed by atoms with Crippen molar-refractivity contribution in [1.82, 2.24) is 10.3 Å². The Morgan fingerprint density at radius 3 is 2.73 bits per heavy atom. The summed E-state index contributed by atoms with van der Waals surface area (Å²) in [5.74, 6) is 0.760. The molecule has 1 heterocycles. The molecule has 2 aromatic rings. The van der Waals surface area contributed by atoms with Crippen LogP contribution in [0.4, 0.5) is 4.39 Å². The van der Waals surface area contributed by atoms with Gasteiger partial charge in [-0.2, -0.15) is 0 Å². The molecule has 2 rings (SSSR count). The summed E-state index contributed by atoms with van der Waals surface area (Å²) in [4.78, 5) is 15.9. The largest absolute Gasteiger partial charge is 0.444 e. The van der Waals surface area contributed by atoms with E-state index in [-0.39, 0.29) is 11.7 Å². The molecule has 0 radical (unpaired) electrons. The summed E-state index contributed by atoms with van der Waals surface area (Å²) in [5.41, 5.74) is 1.50. The molecule has 0 atom stereocenters. The predicted molar refractivity (Wildman–Crippen MR) is 82.7 cm³/mol. The molecule has 22 heavy (non-hydrogen) atoms. The second kappa shape index (κ2) is 7.73. The van der Waals surface area contributed by atoms with Gasteiger partial charge in [-0.3, -0.25) is 4.79 Å². The van der Waals surface area contributed by atoms with Crippen LogP contribution in [0, 0.1) is 11.7 Å². The van der Waals surface area contributed by atoms with E-state index in [1.165, 1.54) is 12.1 Å². The third-order valence-electron chi connectivity index (χ3n) is 3.29. The highest BCUT2D eigenvalue weighted by Gasteiger charge is 2.08. The summed E-state index contributed by atoms with van der Waals surface area (Å²) in [7, 11) is 0. The molecule has 0 bridgehead atoms. The van der Waals surface area contributed by atoms with Crippen LogP contribution in [0.15, 0.2) is 34.9 Å². The maximum atomic E-state index is 12.9. The molecular weight excluding hydrogens is 283 g/mol. The Bertz CT molecular complexity index is 605. The Hall–Kier alpha value is -2.17. The van der Waals surface area contributed by atoms with Crippen LogP contribution in [-0.4, -0.2) is 17.4 Å². The number of hydrogen-bond acceptors (Lipinski definition) is 3. The summed E-state index contributed by atoms with van der Waals surface area (Å²) >= 11 is 0. The Morgan fingerprint density at radius 2 is 2.05 bits per heavy atom. The topological polar surface area (TPSA) is 55.1 Å². The van der Waals surface area contributed by atoms with Crippen LogP contribution in [0.25, 0.3) is 11.5 Å². The van der Waals surface area contributed by atoms with Gasteiger partial charge in [-0.15, -0.1) is 0 Å². The van der Waals surface area contributed by atoms with Crippen molar-refractivity contribution in [3.8, 4) is 11.5 Å². The molecule has 1 N–H and O–H groups in total. The van der Waals surface area contributed by atoms with E-state index in [1.54, 1.807) is 18.4 Å². The van der Waals surface area contributed by atoms with Crippen molar-refractivity contribution in [2.45, 2.75) is 33.1 Å². The minimum Gasteiger partial charge on any atom is -0.444 e. The molecule has 1 amide bonds. The smallest absolute Gasteiger partial charge is 0.226 e. The lowest BCUT2D eigenvalue weighted by molar-refractivity contribution is -0.121. The summed E-state index contributed by atoms with van der Waals surface area (Å²) in [5, 5.41) is 2.87. The molecule has 0 aliphatic carbocycles. The number of rotatable bonds is 7. The average molecular weight is 304 g/mol. The lowest BCUT2D eigenvalue weighted by atomic mass is 10.1. The first-order valence-electron chi connectivity index (χ1n) is 7.51. The first-order valence-corrected chi connectivity index (χ1v) is 7.51. The van der Waals surface area contributed by atoms with Crippen molar-refractivity contribution in [1.29, 1.82) is 0 Å². The predicted octanol–water partition coefficient (Wildman–Crippen LogP) is 3.58. The molecule has 0 saturated carbocycles. The molecule has 0 unspecified atom stereocenters. The Labute approximate surface area is 129 Å². The SMILES string of the molecule is CC(C)CCC(=O)NCCc1coc(-c2ccc(F)cc2)n1. The highest BCUT2D eigenvalue weighted by Crippen LogP contribution is 2.18. The Balaban J connectivity index is 1.80. The molecule has 0 fully saturated rings. The van der Waals surface area contributed by atoms with Gasteiger partial charge in [-0.1, -0.05) is 13.8 Å². The Kier molecular flexibility index (Phi) is 5.69. The molecule has 0 spiro atoms. The van der Waals surface area contributed by atoms with Gasteiger partial charge in [0, 0.05) is 24.9 Å². The number of nitrogens with zero attached hydrogens (tertiary/aromatic N) is 1. The average Bonchev–Trinajstić information content (AvgIpc) is 2.95. The van der Waals surface area contributed by atoms with E-state index in [4.69, 9.17) is 4.42 Å². The third kappa shape index (κ3) is 4.98. The van der Waals surface area contributed by atoms with Gasteiger partial charge in [0.15, 0.2) is 0 Å². The van der Waals surface area contributed by atoms with Gasteiger partial charge in [0.25, 0.3) is 0 Å². The monoisotopic (exact) mass is 304 g/mol. The normalized spacial score (nSPS) is 10.9. The van der Waals surface area contributed by atoms with E-state index in [0.717, 1.165) is 17.7 Å².